The highest BCUT2D eigenvalue weighted by atomic mass is 35.5. The maximum Gasteiger partial charge on any atom is 0.0702 e. The van der Waals surface area contributed by atoms with Crippen molar-refractivity contribution in [3.05, 3.63) is 42.1 Å². The van der Waals surface area contributed by atoms with Gasteiger partial charge >= 0.3 is 0 Å². The fraction of sp³-hybridized carbons (Fsp3) is 0.400. The van der Waals surface area contributed by atoms with Crippen LogP contribution in [0.3, 0.4) is 0 Å². The molecule has 1 aliphatic heterocycles. The van der Waals surface area contributed by atoms with Gasteiger partial charge in [-0.1, -0.05) is 12.1 Å². The van der Waals surface area contributed by atoms with Crippen molar-refractivity contribution in [3.63, 3.8) is 0 Å². The number of fused-ring (bicyclic) bond motifs is 1. The molecule has 1 fully saturated rings. The van der Waals surface area contributed by atoms with E-state index in [1.807, 2.05) is 12.3 Å². The van der Waals surface area contributed by atoms with E-state index in [9.17, 15) is 0 Å². The van der Waals surface area contributed by atoms with Crippen LogP contribution in [0.4, 0.5) is 0 Å². The molecule has 1 N–H and O–H groups in total. The maximum atomic E-state index is 4.36. The van der Waals surface area contributed by atoms with Crippen molar-refractivity contribution in [2.75, 3.05) is 19.6 Å². The second-order valence-corrected chi connectivity index (χ2v) is 5.05. The first kappa shape index (κ1) is 14.3. The highest BCUT2D eigenvalue weighted by Crippen LogP contribution is 2.16. The molecule has 102 valence electrons. The van der Waals surface area contributed by atoms with Crippen LogP contribution in [0.15, 0.2) is 36.5 Å². The summed E-state index contributed by atoms with van der Waals surface area (Å²) < 4.78 is 0. The summed E-state index contributed by atoms with van der Waals surface area (Å²) >= 11 is 0. The fourth-order valence-corrected chi connectivity index (χ4v) is 2.58. The molecule has 2 aromatic rings. The number of hydrogen-bond donors (Lipinski definition) is 1. The molecule has 0 amide bonds. The van der Waals surface area contributed by atoms with Crippen molar-refractivity contribution < 1.29 is 0 Å². The van der Waals surface area contributed by atoms with Crippen LogP contribution in [-0.2, 0) is 6.54 Å². The summed E-state index contributed by atoms with van der Waals surface area (Å²) in [5.41, 5.74) is 2.46. The second kappa shape index (κ2) is 6.33. The van der Waals surface area contributed by atoms with E-state index < -0.39 is 0 Å². The van der Waals surface area contributed by atoms with Crippen molar-refractivity contribution >= 4 is 23.3 Å². The van der Waals surface area contributed by atoms with Crippen LogP contribution in [0.2, 0.25) is 0 Å². The zero-order valence-electron chi connectivity index (χ0n) is 11.2. The van der Waals surface area contributed by atoms with E-state index in [-0.39, 0.29) is 12.4 Å². The number of pyridine rings is 1. The highest BCUT2D eigenvalue weighted by molar-refractivity contribution is 5.85. The summed E-state index contributed by atoms with van der Waals surface area (Å²) in [7, 11) is 0. The Morgan fingerprint density at radius 2 is 2.26 bits per heavy atom. The smallest absolute Gasteiger partial charge is 0.0702 e. The number of nitrogens with one attached hydrogen (secondary N) is 1. The highest BCUT2D eigenvalue weighted by Gasteiger charge is 2.17. The molecule has 4 heteroatoms. The Kier molecular flexibility index (Phi) is 4.75. The van der Waals surface area contributed by atoms with Gasteiger partial charge in [-0.25, -0.2) is 0 Å². The Labute approximate surface area is 120 Å². The average Bonchev–Trinajstić information content (AvgIpc) is 2.41. The van der Waals surface area contributed by atoms with Crippen molar-refractivity contribution in [3.8, 4) is 0 Å². The molecule has 0 radical (unpaired) electrons. The lowest BCUT2D eigenvalue weighted by molar-refractivity contribution is 0.165. The minimum Gasteiger partial charge on any atom is -0.314 e. The zero-order valence-corrected chi connectivity index (χ0v) is 12.0. The summed E-state index contributed by atoms with van der Waals surface area (Å²) in [6, 6.07) is 11.3. The quantitative estimate of drug-likeness (QED) is 0.914. The number of nitrogens with zero attached hydrogens (tertiary/aromatic N) is 2. The first-order valence-corrected chi connectivity index (χ1v) is 6.61. The summed E-state index contributed by atoms with van der Waals surface area (Å²) in [5.74, 6) is 0. The second-order valence-electron chi connectivity index (χ2n) is 5.05. The number of piperazine rings is 1. The molecule has 0 aliphatic carbocycles. The van der Waals surface area contributed by atoms with Gasteiger partial charge in [0.05, 0.1) is 5.52 Å². The Morgan fingerprint density at radius 3 is 3.11 bits per heavy atom. The molecule has 0 bridgehead atoms. The Balaban J connectivity index is 0.00000133. The van der Waals surface area contributed by atoms with Crippen molar-refractivity contribution in [1.82, 2.24) is 15.2 Å². The van der Waals surface area contributed by atoms with Crippen LogP contribution < -0.4 is 5.32 Å². The largest absolute Gasteiger partial charge is 0.314 e. The van der Waals surface area contributed by atoms with E-state index in [2.05, 4.69) is 46.4 Å². The van der Waals surface area contributed by atoms with Gasteiger partial charge in [-0.2, -0.15) is 0 Å². The maximum absolute atomic E-state index is 4.36. The lowest BCUT2D eigenvalue weighted by Crippen LogP contribution is -2.49. The SMILES string of the molecule is C[C@H]1CNCCN1Cc1ccc2ncccc2c1.Cl. The normalized spacial score (nSPS) is 20.2. The molecule has 0 unspecified atom stereocenters. The van der Waals surface area contributed by atoms with E-state index in [0.717, 1.165) is 31.7 Å². The first-order valence-electron chi connectivity index (χ1n) is 6.61. The molecule has 3 rings (SSSR count). The van der Waals surface area contributed by atoms with Crippen molar-refractivity contribution in [2.24, 2.45) is 0 Å². The first-order chi connectivity index (χ1) is 8.83. The lowest BCUT2D eigenvalue weighted by atomic mass is 10.1. The summed E-state index contributed by atoms with van der Waals surface area (Å²) in [5, 5.41) is 4.66. The lowest BCUT2D eigenvalue weighted by Gasteiger charge is -2.33. The third-order valence-corrected chi connectivity index (χ3v) is 3.69. The topological polar surface area (TPSA) is 28.2 Å². The minimum absolute atomic E-state index is 0. The molecule has 0 saturated carbocycles. The zero-order chi connectivity index (χ0) is 12.4. The van der Waals surface area contributed by atoms with Crippen LogP contribution in [-0.4, -0.2) is 35.6 Å². The number of rotatable bonds is 2. The summed E-state index contributed by atoms with van der Waals surface area (Å²) in [6.07, 6.45) is 1.85. The Hall–Kier alpha value is -1.16. The number of aromatic nitrogens is 1. The van der Waals surface area contributed by atoms with E-state index in [4.69, 9.17) is 0 Å². The van der Waals surface area contributed by atoms with Crippen molar-refractivity contribution in [1.29, 1.82) is 0 Å². The predicted octanol–water partition coefficient (Wildman–Crippen LogP) is 2.45. The standard InChI is InChI=1S/C15H19N3.ClH/c1-12-10-16-7-8-18(12)11-13-4-5-15-14(9-13)3-2-6-17-15;/h2-6,9,12,16H,7-8,10-11H2,1H3;1H/t12-;/m0./s1. The van der Waals surface area contributed by atoms with Gasteiger partial charge < -0.3 is 5.32 Å². The summed E-state index contributed by atoms with van der Waals surface area (Å²) in [4.78, 5) is 6.90. The van der Waals surface area contributed by atoms with E-state index in [1.54, 1.807) is 0 Å². The van der Waals surface area contributed by atoms with E-state index in [1.165, 1.54) is 10.9 Å². The van der Waals surface area contributed by atoms with Gasteiger partial charge in [0.15, 0.2) is 0 Å². The molecule has 1 saturated heterocycles. The molecule has 19 heavy (non-hydrogen) atoms. The fourth-order valence-electron chi connectivity index (χ4n) is 2.58. The molecule has 1 atom stereocenters. The van der Waals surface area contributed by atoms with Crippen LogP contribution in [0.25, 0.3) is 10.9 Å². The Morgan fingerprint density at radius 1 is 1.37 bits per heavy atom. The average molecular weight is 278 g/mol. The number of halogens is 1. The van der Waals surface area contributed by atoms with Crippen molar-refractivity contribution in [2.45, 2.75) is 19.5 Å². The molecule has 1 aliphatic rings. The number of benzene rings is 1. The van der Waals surface area contributed by atoms with Gasteiger partial charge in [-0.05, 0) is 30.7 Å². The molecule has 1 aromatic heterocycles. The van der Waals surface area contributed by atoms with E-state index >= 15 is 0 Å². The van der Waals surface area contributed by atoms with Gasteiger partial charge in [-0.15, -0.1) is 12.4 Å². The molecule has 3 nitrogen and oxygen atoms in total. The van der Waals surface area contributed by atoms with Gasteiger partial charge in [0.25, 0.3) is 0 Å². The van der Waals surface area contributed by atoms with Gasteiger partial charge in [0.2, 0.25) is 0 Å². The van der Waals surface area contributed by atoms with Crippen LogP contribution in [0.5, 0.6) is 0 Å². The predicted molar refractivity (Wildman–Crippen MR) is 81.7 cm³/mol. The van der Waals surface area contributed by atoms with Crippen LogP contribution >= 0.6 is 12.4 Å². The monoisotopic (exact) mass is 277 g/mol. The third kappa shape index (κ3) is 3.24. The van der Waals surface area contributed by atoms with Crippen LogP contribution in [0.1, 0.15) is 12.5 Å². The van der Waals surface area contributed by atoms with Crippen LogP contribution in [0, 0.1) is 0 Å². The molecule has 0 spiro atoms. The van der Waals surface area contributed by atoms with E-state index in [0.29, 0.717) is 6.04 Å². The molecule has 2 heterocycles. The van der Waals surface area contributed by atoms with Gasteiger partial charge in [0, 0.05) is 43.8 Å². The summed E-state index contributed by atoms with van der Waals surface area (Å²) in [6.45, 7) is 6.64. The molecular weight excluding hydrogens is 258 g/mol. The Bertz CT molecular complexity index is 544. The van der Waals surface area contributed by atoms with Gasteiger partial charge in [0.1, 0.15) is 0 Å². The molecule has 1 aromatic carbocycles. The number of hydrogen-bond acceptors (Lipinski definition) is 3. The minimum atomic E-state index is 0. The molecular formula is C15H20ClN3. The third-order valence-electron chi connectivity index (χ3n) is 3.69. The van der Waals surface area contributed by atoms with Gasteiger partial charge in [-0.3, -0.25) is 9.88 Å².